The minimum absolute atomic E-state index is 0.0201. The van der Waals surface area contributed by atoms with Crippen LogP contribution in [-0.4, -0.2) is 22.2 Å². The Balaban J connectivity index is 1.75. The molecule has 0 N–H and O–H groups in total. The molecule has 116 valence electrons. The van der Waals surface area contributed by atoms with E-state index in [2.05, 4.69) is 10.1 Å². The molecule has 23 heavy (non-hydrogen) atoms. The van der Waals surface area contributed by atoms with E-state index in [0.29, 0.717) is 23.7 Å². The zero-order valence-corrected chi connectivity index (χ0v) is 12.3. The molecular weight excluding hydrogens is 298 g/mol. The van der Waals surface area contributed by atoms with Gasteiger partial charge in [-0.25, -0.2) is 0 Å². The van der Waals surface area contributed by atoms with Gasteiger partial charge in [-0.1, -0.05) is 17.3 Å². The topological polar surface area (TPSA) is 91.3 Å². The molecule has 0 aliphatic heterocycles. The predicted molar refractivity (Wildman–Crippen MR) is 82.2 cm³/mol. The average Bonchev–Trinajstić information content (AvgIpc) is 3.04. The number of hydrogen-bond acceptors (Lipinski definition) is 6. The van der Waals surface area contributed by atoms with Crippen molar-refractivity contribution in [1.29, 1.82) is 0 Å². The second kappa shape index (κ2) is 6.27. The van der Waals surface area contributed by atoms with Gasteiger partial charge >= 0.3 is 0 Å². The van der Waals surface area contributed by atoms with Crippen LogP contribution in [0.1, 0.15) is 11.4 Å². The summed E-state index contributed by atoms with van der Waals surface area (Å²) in [7, 11) is 1.62. The third-order valence-electron chi connectivity index (χ3n) is 3.31. The van der Waals surface area contributed by atoms with Gasteiger partial charge in [-0.15, -0.1) is 0 Å². The molecule has 3 aromatic rings. The van der Waals surface area contributed by atoms with Gasteiger partial charge in [-0.3, -0.25) is 10.1 Å². The fourth-order valence-corrected chi connectivity index (χ4v) is 2.09. The van der Waals surface area contributed by atoms with Crippen molar-refractivity contribution in [2.45, 2.75) is 6.42 Å². The minimum Gasteiger partial charge on any atom is -0.497 e. The first-order chi connectivity index (χ1) is 11.2. The lowest BCUT2D eigenvalue weighted by atomic mass is 10.1. The summed E-state index contributed by atoms with van der Waals surface area (Å²) >= 11 is 0. The normalized spacial score (nSPS) is 10.5. The molecule has 0 unspecified atom stereocenters. The first-order valence-corrected chi connectivity index (χ1v) is 6.86. The summed E-state index contributed by atoms with van der Waals surface area (Å²) in [6.07, 6.45) is 0.528. The van der Waals surface area contributed by atoms with Crippen molar-refractivity contribution in [3.8, 4) is 17.2 Å². The molecule has 0 amide bonds. The van der Waals surface area contributed by atoms with Crippen LogP contribution < -0.4 is 4.74 Å². The van der Waals surface area contributed by atoms with Crippen molar-refractivity contribution in [1.82, 2.24) is 10.1 Å². The molecule has 0 radical (unpaired) electrons. The third kappa shape index (κ3) is 3.34. The van der Waals surface area contributed by atoms with Crippen LogP contribution >= 0.6 is 0 Å². The summed E-state index contributed by atoms with van der Waals surface area (Å²) in [4.78, 5) is 14.5. The lowest BCUT2D eigenvalue weighted by molar-refractivity contribution is -0.384. The number of rotatable bonds is 5. The Morgan fingerprint density at radius 3 is 2.43 bits per heavy atom. The van der Waals surface area contributed by atoms with E-state index in [9.17, 15) is 10.1 Å². The molecule has 0 fully saturated rings. The highest BCUT2D eigenvalue weighted by Gasteiger charge is 2.11. The number of nitro groups is 1. The van der Waals surface area contributed by atoms with E-state index in [1.165, 1.54) is 12.1 Å². The number of aromatic nitrogens is 2. The number of methoxy groups -OCH3 is 1. The summed E-state index contributed by atoms with van der Waals surface area (Å²) < 4.78 is 10.3. The summed E-state index contributed by atoms with van der Waals surface area (Å²) in [5, 5.41) is 14.6. The smallest absolute Gasteiger partial charge is 0.269 e. The Hall–Kier alpha value is -3.22. The first-order valence-electron chi connectivity index (χ1n) is 6.86. The molecule has 1 aromatic heterocycles. The molecule has 3 rings (SSSR count). The predicted octanol–water partition coefficient (Wildman–Crippen LogP) is 3.24. The number of benzene rings is 2. The molecule has 0 atom stereocenters. The molecular formula is C16H13N3O4. The SMILES string of the molecule is COc1ccc(Cc2noc(-c3ccc([N+](=O)[O-])cc3)n2)cc1. The fraction of sp³-hybridized carbons (Fsp3) is 0.125. The molecule has 0 spiro atoms. The molecule has 0 bridgehead atoms. The van der Waals surface area contributed by atoms with Crippen LogP contribution in [0.3, 0.4) is 0 Å². The van der Waals surface area contributed by atoms with E-state index in [1.54, 1.807) is 19.2 Å². The van der Waals surface area contributed by atoms with Gasteiger partial charge in [0, 0.05) is 24.1 Å². The van der Waals surface area contributed by atoms with Gasteiger partial charge in [-0.2, -0.15) is 4.98 Å². The molecule has 1 heterocycles. The maximum atomic E-state index is 10.6. The van der Waals surface area contributed by atoms with Gasteiger partial charge in [0.1, 0.15) is 5.75 Å². The van der Waals surface area contributed by atoms with Gasteiger partial charge in [0.25, 0.3) is 11.6 Å². The highest BCUT2D eigenvalue weighted by atomic mass is 16.6. The van der Waals surface area contributed by atoms with Crippen molar-refractivity contribution in [2.75, 3.05) is 7.11 Å². The van der Waals surface area contributed by atoms with E-state index < -0.39 is 4.92 Å². The Labute approximate surface area is 131 Å². The highest BCUT2D eigenvalue weighted by Crippen LogP contribution is 2.21. The van der Waals surface area contributed by atoms with E-state index in [1.807, 2.05) is 24.3 Å². The summed E-state index contributed by atoms with van der Waals surface area (Å²) in [6.45, 7) is 0. The van der Waals surface area contributed by atoms with Crippen molar-refractivity contribution in [3.63, 3.8) is 0 Å². The van der Waals surface area contributed by atoms with E-state index in [-0.39, 0.29) is 5.69 Å². The number of nitrogens with zero attached hydrogens (tertiary/aromatic N) is 3. The maximum absolute atomic E-state index is 10.6. The largest absolute Gasteiger partial charge is 0.497 e. The molecule has 0 aliphatic rings. The van der Waals surface area contributed by atoms with Gasteiger partial charge in [-0.05, 0) is 29.8 Å². The lowest BCUT2D eigenvalue weighted by Gasteiger charge is -2.00. The van der Waals surface area contributed by atoms with Gasteiger partial charge in [0.2, 0.25) is 0 Å². The molecule has 2 aromatic carbocycles. The Kier molecular flexibility index (Phi) is 4.01. The molecule has 7 heteroatoms. The Morgan fingerprint density at radius 1 is 1.13 bits per heavy atom. The Morgan fingerprint density at radius 2 is 1.83 bits per heavy atom. The van der Waals surface area contributed by atoms with Gasteiger partial charge < -0.3 is 9.26 Å². The van der Waals surface area contributed by atoms with Crippen molar-refractivity contribution in [2.24, 2.45) is 0 Å². The number of ether oxygens (including phenoxy) is 1. The lowest BCUT2D eigenvalue weighted by Crippen LogP contribution is -1.91. The standard InChI is InChI=1S/C16H13N3O4/c1-22-14-8-2-11(3-9-14)10-15-17-16(23-18-15)12-4-6-13(7-5-12)19(20)21/h2-9H,10H2,1H3. The molecule has 0 aliphatic carbocycles. The van der Waals surface area contributed by atoms with Crippen LogP contribution in [0.25, 0.3) is 11.5 Å². The third-order valence-corrected chi connectivity index (χ3v) is 3.31. The maximum Gasteiger partial charge on any atom is 0.269 e. The zero-order chi connectivity index (χ0) is 16.2. The van der Waals surface area contributed by atoms with Crippen LogP contribution in [0.5, 0.6) is 5.75 Å². The quantitative estimate of drug-likeness (QED) is 0.530. The van der Waals surface area contributed by atoms with Crippen molar-refractivity contribution in [3.05, 3.63) is 70.0 Å². The highest BCUT2D eigenvalue weighted by molar-refractivity contribution is 5.55. The summed E-state index contributed by atoms with van der Waals surface area (Å²) in [6, 6.07) is 13.6. The van der Waals surface area contributed by atoms with Crippen LogP contribution in [0.15, 0.2) is 53.1 Å². The molecule has 0 saturated carbocycles. The second-order valence-electron chi connectivity index (χ2n) is 4.84. The van der Waals surface area contributed by atoms with E-state index in [4.69, 9.17) is 9.26 Å². The molecule has 7 nitrogen and oxygen atoms in total. The van der Waals surface area contributed by atoms with Gasteiger partial charge in [0.05, 0.1) is 12.0 Å². The Bertz CT molecular complexity index is 810. The summed E-state index contributed by atoms with van der Waals surface area (Å²) in [5.74, 6) is 1.67. The molecule has 0 saturated heterocycles. The van der Waals surface area contributed by atoms with Crippen molar-refractivity contribution < 1.29 is 14.2 Å². The van der Waals surface area contributed by atoms with Crippen LogP contribution in [0.4, 0.5) is 5.69 Å². The van der Waals surface area contributed by atoms with Crippen LogP contribution in [-0.2, 0) is 6.42 Å². The van der Waals surface area contributed by atoms with Crippen LogP contribution in [0, 0.1) is 10.1 Å². The average molecular weight is 311 g/mol. The van der Waals surface area contributed by atoms with Gasteiger partial charge in [0.15, 0.2) is 5.82 Å². The number of non-ortho nitro benzene ring substituents is 1. The first kappa shape index (κ1) is 14.7. The summed E-state index contributed by atoms with van der Waals surface area (Å²) in [5.41, 5.74) is 1.69. The fourth-order valence-electron chi connectivity index (χ4n) is 2.09. The van der Waals surface area contributed by atoms with E-state index >= 15 is 0 Å². The van der Waals surface area contributed by atoms with Crippen molar-refractivity contribution >= 4 is 5.69 Å². The minimum atomic E-state index is -0.452. The zero-order valence-electron chi connectivity index (χ0n) is 12.3. The van der Waals surface area contributed by atoms with E-state index in [0.717, 1.165) is 11.3 Å². The number of hydrogen-bond donors (Lipinski definition) is 0. The number of nitro benzene ring substituents is 1. The van der Waals surface area contributed by atoms with Crippen LogP contribution in [0.2, 0.25) is 0 Å². The second-order valence-corrected chi connectivity index (χ2v) is 4.84. The monoisotopic (exact) mass is 311 g/mol.